The van der Waals surface area contributed by atoms with E-state index in [1.807, 2.05) is 12.4 Å². The largest absolute Gasteiger partial charge is 0.294 e. The van der Waals surface area contributed by atoms with Crippen molar-refractivity contribution in [2.45, 2.75) is 0 Å². The third kappa shape index (κ3) is 10.6. The first-order valence-corrected chi connectivity index (χ1v) is 38.1. The lowest BCUT2D eigenvalue weighted by atomic mass is 9.86. The molecular weight excluding hydrogens is 1340 g/mol. The molecule has 0 spiro atoms. The van der Waals surface area contributed by atoms with Gasteiger partial charge in [0.1, 0.15) is 5.82 Å². The van der Waals surface area contributed by atoms with Crippen LogP contribution in [-0.2, 0) is 0 Å². The SMILES string of the molecule is c1ccc2c(-c3ccc(-c4ccc5ccc6c7ccccc7ccc6c5c4)nc3)cccc2c1.c1ccc2c(c1)c1ccccc1c1c3cc(-c4ccc(-n5c6ccccc6c6ccccc65)nc4)ccc3c3ccccc3c21.c1ccc2c(c1)ccc1c3ccccc3c(-c3ccc4ccc5ccccc5c4n3)cc21. The average Bonchev–Trinajstić information content (AvgIpc) is 1.29. The minimum atomic E-state index is 0.922. The molecule has 24 aromatic rings. The van der Waals surface area contributed by atoms with Crippen molar-refractivity contribution in [2.24, 2.45) is 0 Å². The van der Waals surface area contributed by atoms with Crippen LogP contribution in [0.4, 0.5) is 0 Å². The highest BCUT2D eigenvalue weighted by Crippen LogP contribution is 2.46. The van der Waals surface area contributed by atoms with Crippen LogP contribution >= 0.6 is 0 Å². The van der Waals surface area contributed by atoms with Gasteiger partial charge in [-0.15, -0.1) is 0 Å². The fraction of sp³-hybridized carbons (Fsp3) is 0. The Morgan fingerprint density at radius 2 is 0.559 bits per heavy atom. The second-order valence-electron chi connectivity index (χ2n) is 29.2. The molecule has 4 heteroatoms. The standard InChI is InChI=1S/C43H26N2.C33H21N.C31H19N/c1-4-16-35-29(11-1)30-12-2-6-18-37(30)43-38-25-27(21-23-32(38)31-13-3-5-17-36(31)42(35)43)28-22-24-41(44-26-28)45-39-19-9-7-14-33(39)34-15-8-10-20-40(34)45;1-3-9-27-22(6-1)8-5-11-29(27)26-16-19-33(34-21-26)25-13-12-24-15-17-30-28-10-4-2-7-23(28)14-18-31(30)32(24)20-25;1-3-9-23-20(7-1)15-17-27-25-11-5-6-12-26(25)29(19-28(23)27)30-18-16-22-14-13-21-8-2-4-10-24(21)31(22)32-30/h1-26H;1-21H;1-19H. The molecule has 24 rings (SSSR count). The van der Waals surface area contributed by atoms with Crippen molar-refractivity contribution in [3.63, 3.8) is 0 Å². The Bertz CT molecular complexity index is 7880. The summed E-state index contributed by atoms with van der Waals surface area (Å²) in [5.74, 6) is 0.922. The number of aromatic nitrogens is 4. The Kier molecular flexibility index (Phi) is 14.9. The monoisotopic (exact) mass is 1410 g/mol. The maximum absolute atomic E-state index is 5.21. The first-order chi connectivity index (χ1) is 55.1. The predicted molar refractivity (Wildman–Crippen MR) is 474 cm³/mol. The molecule has 111 heavy (non-hydrogen) atoms. The molecule has 0 radical (unpaired) electrons. The summed E-state index contributed by atoms with van der Waals surface area (Å²) in [5.41, 5.74) is 12.3. The number of para-hydroxylation sites is 2. The van der Waals surface area contributed by atoms with Gasteiger partial charge in [0.2, 0.25) is 0 Å². The van der Waals surface area contributed by atoms with Gasteiger partial charge in [-0.2, -0.15) is 0 Å². The van der Waals surface area contributed by atoms with E-state index in [-0.39, 0.29) is 0 Å². The third-order valence-electron chi connectivity index (χ3n) is 23.1. The van der Waals surface area contributed by atoms with Gasteiger partial charge in [0, 0.05) is 56.2 Å². The molecule has 0 fully saturated rings. The molecule has 20 aromatic carbocycles. The highest BCUT2D eigenvalue weighted by atomic mass is 15.1. The van der Waals surface area contributed by atoms with Crippen LogP contribution in [0.3, 0.4) is 0 Å². The van der Waals surface area contributed by atoms with E-state index in [9.17, 15) is 0 Å². The molecule has 0 bridgehead atoms. The lowest BCUT2D eigenvalue weighted by molar-refractivity contribution is 1.08. The molecule has 4 nitrogen and oxygen atoms in total. The number of hydrogen-bond donors (Lipinski definition) is 0. The van der Waals surface area contributed by atoms with Gasteiger partial charge in [-0.25, -0.2) is 9.97 Å². The fourth-order valence-electron chi connectivity index (χ4n) is 17.9. The zero-order valence-corrected chi connectivity index (χ0v) is 60.4. The van der Waals surface area contributed by atoms with E-state index in [2.05, 4.69) is 393 Å². The number of benzene rings is 20. The number of rotatable bonds is 5. The highest BCUT2D eigenvalue weighted by molar-refractivity contribution is 6.40. The van der Waals surface area contributed by atoms with Crippen molar-refractivity contribution in [3.05, 3.63) is 401 Å². The summed E-state index contributed by atoms with van der Waals surface area (Å²) in [7, 11) is 0. The Morgan fingerprint density at radius 1 is 0.180 bits per heavy atom. The van der Waals surface area contributed by atoms with Crippen molar-refractivity contribution in [1.82, 2.24) is 19.5 Å². The molecule has 0 saturated carbocycles. The van der Waals surface area contributed by atoms with Crippen LogP contribution in [0.1, 0.15) is 0 Å². The van der Waals surface area contributed by atoms with E-state index in [0.717, 1.165) is 45.0 Å². The summed E-state index contributed by atoms with van der Waals surface area (Å²) in [6.07, 6.45) is 4.02. The van der Waals surface area contributed by atoms with E-state index in [1.54, 1.807) is 0 Å². The van der Waals surface area contributed by atoms with Crippen LogP contribution in [0.15, 0.2) is 401 Å². The molecule has 4 heterocycles. The van der Waals surface area contributed by atoms with Gasteiger partial charge in [-0.3, -0.25) is 9.55 Å². The van der Waals surface area contributed by atoms with Gasteiger partial charge in [-0.05, 0) is 200 Å². The second kappa shape index (κ2) is 26.1. The fourth-order valence-corrected chi connectivity index (χ4v) is 17.9. The molecule has 0 unspecified atom stereocenters. The predicted octanol–water partition coefficient (Wildman–Crippen LogP) is 29.2. The summed E-state index contributed by atoms with van der Waals surface area (Å²) in [6.45, 7) is 0. The summed E-state index contributed by atoms with van der Waals surface area (Å²) < 4.78 is 2.27. The zero-order valence-electron chi connectivity index (χ0n) is 60.4. The van der Waals surface area contributed by atoms with Crippen LogP contribution in [0, 0.1) is 0 Å². The van der Waals surface area contributed by atoms with Gasteiger partial charge in [0.05, 0.1) is 27.9 Å². The maximum Gasteiger partial charge on any atom is 0.137 e. The Balaban J connectivity index is 0.000000104. The van der Waals surface area contributed by atoms with Crippen LogP contribution in [-0.4, -0.2) is 19.5 Å². The number of nitrogens with zero attached hydrogens (tertiary/aromatic N) is 4. The van der Waals surface area contributed by atoms with Crippen molar-refractivity contribution in [1.29, 1.82) is 0 Å². The molecular formula is C107H66N4. The van der Waals surface area contributed by atoms with Gasteiger partial charge < -0.3 is 0 Å². The first kappa shape index (κ1) is 63.6. The van der Waals surface area contributed by atoms with E-state index in [1.165, 1.54) is 178 Å². The van der Waals surface area contributed by atoms with Crippen LogP contribution in [0.5, 0.6) is 0 Å². The average molecular weight is 1410 g/mol. The van der Waals surface area contributed by atoms with E-state index < -0.39 is 0 Å². The van der Waals surface area contributed by atoms with E-state index in [4.69, 9.17) is 15.0 Å². The molecule has 0 aliphatic carbocycles. The first-order valence-electron chi connectivity index (χ1n) is 38.1. The Morgan fingerprint density at radius 3 is 1.17 bits per heavy atom. The maximum atomic E-state index is 5.21. The van der Waals surface area contributed by atoms with Gasteiger partial charge in [0.15, 0.2) is 0 Å². The number of pyridine rings is 3. The minimum Gasteiger partial charge on any atom is -0.294 e. The topological polar surface area (TPSA) is 43.6 Å². The molecule has 0 saturated heterocycles. The molecule has 4 aromatic heterocycles. The van der Waals surface area contributed by atoms with Crippen LogP contribution < -0.4 is 0 Å². The summed E-state index contributed by atoms with van der Waals surface area (Å²) in [5, 5.41) is 36.8. The molecule has 0 amide bonds. The zero-order chi connectivity index (χ0) is 73.0. The quantitative estimate of drug-likeness (QED) is 0.161. The van der Waals surface area contributed by atoms with Crippen molar-refractivity contribution in [3.8, 4) is 50.6 Å². The Hall–Kier alpha value is -14.7. The molecule has 514 valence electrons. The molecule has 0 aliphatic rings. The summed E-state index contributed by atoms with van der Waals surface area (Å²) in [4.78, 5) is 15.1. The minimum absolute atomic E-state index is 0.922. The van der Waals surface area contributed by atoms with Crippen molar-refractivity contribution < 1.29 is 0 Å². The van der Waals surface area contributed by atoms with Crippen molar-refractivity contribution >= 4 is 173 Å². The second-order valence-corrected chi connectivity index (χ2v) is 29.2. The van der Waals surface area contributed by atoms with Gasteiger partial charge in [0.25, 0.3) is 0 Å². The van der Waals surface area contributed by atoms with Gasteiger partial charge >= 0.3 is 0 Å². The smallest absolute Gasteiger partial charge is 0.137 e. The van der Waals surface area contributed by atoms with Crippen molar-refractivity contribution in [2.75, 3.05) is 0 Å². The third-order valence-corrected chi connectivity index (χ3v) is 23.1. The normalized spacial score (nSPS) is 11.8. The molecule has 0 aliphatic heterocycles. The lowest BCUT2D eigenvalue weighted by Gasteiger charge is -2.17. The summed E-state index contributed by atoms with van der Waals surface area (Å²) in [6, 6.07) is 140. The number of hydrogen-bond acceptors (Lipinski definition) is 3. The van der Waals surface area contributed by atoms with E-state index in [0.29, 0.717) is 0 Å². The Labute approximate surface area is 639 Å². The lowest BCUT2D eigenvalue weighted by Crippen LogP contribution is -1.97. The van der Waals surface area contributed by atoms with E-state index >= 15 is 0 Å². The highest BCUT2D eigenvalue weighted by Gasteiger charge is 2.20. The molecule has 0 N–H and O–H groups in total. The number of fused-ring (bicyclic) bond motifs is 28. The summed E-state index contributed by atoms with van der Waals surface area (Å²) >= 11 is 0. The van der Waals surface area contributed by atoms with Gasteiger partial charge in [-0.1, -0.05) is 334 Å². The van der Waals surface area contributed by atoms with Crippen LogP contribution in [0.2, 0.25) is 0 Å². The molecule has 0 atom stereocenters. The van der Waals surface area contributed by atoms with Crippen LogP contribution in [0.25, 0.3) is 223 Å².